The second-order valence-electron chi connectivity index (χ2n) is 5.74. The van der Waals surface area contributed by atoms with Crippen molar-refractivity contribution in [2.24, 2.45) is 5.92 Å². The summed E-state index contributed by atoms with van der Waals surface area (Å²) < 4.78 is 0. The van der Waals surface area contributed by atoms with Gasteiger partial charge in [-0.2, -0.15) is 0 Å². The zero-order valence-corrected chi connectivity index (χ0v) is 11.6. The number of para-hydroxylation sites is 1. The van der Waals surface area contributed by atoms with Crippen molar-refractivity contribution >= 4 is 16.7 Å². The fourth-order valence-corrected chi connectivity index (χ4v) is 3.17. The van der Waals surface area contributed by atoms with E-state index in [4.69, 9.17) is 0 Å². The monoisotopic (exact) mass is 263 g/mol. The highest BCUT2D eigenvalue weighted by molar-refractivity contribution is 6.00. The molecule has 0 radical (unpaired) electrons. The summed E-state index contributed by atoms with van der Waals surface area (Å²) in [6, 6.07) is 10.9. The molecule has 2 aromatic heterocycles. The Hall–Kier alpha value is -2.29. The van der Waals surface area contributed by atoms with Crippen LogP contribution in [0.1, 0.15) is 25.5 Å². The third-order valence-corrected chi connectivity index (χ3v) is 4.13. The van der Waals surface area contributed by atoms with Gasteiger partial charge in [0.1, 0.15) is 5.65 Å². The summed E-state index contributed by atoms with van der Waals surface area (Å²) in [4.78, 5) is 7.78. The average Bonchev–Trinajstić information content (AvgIpc) is 2.82. The van der Waals surface area contributed by atoms with Gasteiger partial charge < -0.3 is 10.3 Å². The SMILES string of the molecule is CC(C)C1Nc2ccccc2-c2ccnc3[nH]cc1c23. The van der Waals surface area contributed by atoms with E-state index < -0.39 is 0 Å². The van der Waals surface area contributed by atoms with Crippen molar-refractivity contribution in [3.63, 3.8) is 0 Å². The summed E-state index contributed by atoms with van der Waals surface area (Å²) in [5, 5.41) is 4.96. The maximum atomic E-state index is 4.47. The number of benzene rings is 1. The Morgan fingerprint density at radius 2 is 1.95 bits per heavy atom. The van der Waals surface area contributed by atoms with Crippen LogP contribution < -0.4 is 5.32 Å². The number of fused-ring (bicyclic) bond motifs is 2. The Balaban J connectivity index is 2.12. The third-order valence-electron chi connectivity index (χ3n) is 4.13. The number of hydrogen-bond donors (Lipinski definition) is 2. The van der Waals surface area contributed by atoms with Crippen LogP contribution in [-0.4, -0.2) is 9.97 Å². The lowest BCUT2D eigenvalue weighted by Gasteiger charge is -2.22. The molecule has 3 nitrogen and oxygen atoms in total. The van der Waals surface area contributed by atoms with Crippen molar-refractivity contribution in [2.75, 3.05) is 5.32 Å². The molecule has 0 amide bonds. The second-order valence-corrected chi connectivity index (χ2v) is 5.74. The summed E-state index contributed by atoms with van der Waals surface area (Å²) in [6.45, 7) is 4.50. The first-order valence-corrected chi connectivity index (χ1v) is 7.07. The summed E-state index contributed by atoms with van der Waals surface area (Å²) in [5.74, 6) is 0.508. The van der Waals surface area contributed by atoms with Crippen LogP contribution in [0.5, 0.6) is 0 Å². The Labute approximate surface area is 118 Å². The molecule has 1 atom stereocenters. The zero-order chi connectivity index (χ0) is 13.7. The standard InChI is InChI=1S/C17H17N3/c1-10(2)16-13-9-19-17-15(13)12(7-8-18-17)11-5-3-4-6-14(11)20-16/h3-10,16,20H,1-2H3,(H,18,19). The van der Waals surface area contributed by atoms with E-state index in [9.17, 15) is 0 Å². The van der Waals surface area contributed by atoms with Crippen LogP contribution in [-0.2, 0) is 0 Å². The molecule has 1 aliphatic heterocycles. The minimum Gasteiger partial charge on any atom is -0.377 e. The first-order valence-electron chi connectivity index (χ1n) is 7.07. The van der Waals surface area contributed by atoms with E-state index in [1.54, 1.807) is 0 Å². The topological polar surface area (TPSA) is 40.7 Å². The van der Waals surface area contributed by atoms with Crippen molar-refractivity contribution in [3.8, 4) is 11.1 Å². The van der Waals surface area contributed by atoms with Gasteiger partial charge in [-0.25, -0.2) is 4.98 Å². The van der Waals surface area contributed by atoms with Crippen LogP contribution >= 0.6 is 0 Å². The lowest BCUT2D eigenvalue weighted by Crippen LogP contribution is -2.15. The molecular formula is C17H17N3. The number of anilines is 1. The second kappa shape index (κ2) is 4.10. The van der Waals surface area contributed by atoms with Crippen molar-refractivity contribution in [1.82, 2.24) is 9.97 Å². The van der Waals surface area contributed by atoms with Gasteiger partial charge in [0, 0.05) is 34.6 Å². The quantitative estimate of drug-likeness (QED) is 0.685. The Morgan fingerprint density at radius 3 is 2.80 bits per heavy atom. The molecule has 0 aliphatic carbocycles. The molecule has 20 heavy (non-hydrogen) atoms. The molecule has 2 N–H and O–H groups in total. The van der Waals surface area contributed by atoms with Crippen LogP contribution in [0.4, 0.5) is 5.69 Å². The van der Waals surface area contributed by atoms with Crippen molar-refractivity contribution in [2.45, 2.75) is 19.9 Å². The number of rotatable bonds is 1. The molecule has 0 fully saturated rings. The molecule has 0 bridgehead atoms. The van der Waals surface area contributed by atoms with E-state index in [2.05, 4.69) is 65.7 Å². The zero-order valence-electron chi connectivity index (χ0n) is 11.6. The van der Waals surface area contributed by atoms with E-state index >= 15 is 0 Å². The molecule has 3 heterocycles. The van der Waals surface area contributed by atoms with Gasteiger partial charge in [0.25, 0.3) is 0 Å². The smallest absolute Gasteiger partial charge is 0.138 e. The van der Waals surface area contributed by atoms with Crippen LogP contribution in [0.2, 0.25) is 0 Å². The number of aromatic amines is 1. The number of H-pyrrole nitrogens is 1. The van der Waals surface area contributed by atoms with Crippen LogP contribution in [0.3, 0.4) is 0 Å². The number of nitrogens with one attached hydrogen (secondary N) is 2. The van der Waals surface area contributed by atoms with E-state index in [-0.39, 0.29) is 0 Å². The Morgan fingerprint density at radius 1 is 1.10 bits per heavy atom. The fraction of sp³-hybridized carbons (Fsp3) is 0.235. The van der Waals surface area contributed by atoms with Gasteiger partial charge in [-0.05, 0) is 23.6 Å². The molecular weight excluding hydrogens is 246 g/mol. The first-order chi connectivity index (χ1) is 9.75. The van der Waals surface area contributed by atoms with Crippen molar-refractivity contribution in [1.29, 1.82) is 0 Å². The van der Waals surface area contributed by atoms with Gasteiger partial charge in [-0.15, -0.1) is 0 Å². The predicted octanol–water partition coefficient (Wildman–Crippen LogP) is 4.35. The maximum Gasteiger partial charge on any atom is 0.138 e. The van der Waals surface area contributed by atoms with Gasteiger partial charge in [0.2, 0.25) is 0 Å². The number of nitrogens with zero attached hydrogens (tertiary/aromatic N) is 1. The maximum absolute atomic E-state index is 4.47. The minimum absolute atomic E-state index is 0.301. The Kier molecular flexibility index (Phi) is 2.36. The highest BCUT2D eigenvalue weighted by atomic mass is 15.0. The summed E-state index contributed by atoms with van der Waals surface area (Å²) in [7, 11) is 0. The summed E-state index contributed by atoms with van der Waals surface area (Å²) >= 11 is 0. The molecule has 1 unspecified atom stereocenters. The van der Waals surface area contributed by atoms with Gasteiger partial charge in [0.15, 0.2) is 0 Å². The lowest BCUT2D eigenvalue weighted by molar-refractivity contribution is 0.550. The molecule has 0 spiro atoms. The minimum atomic E-state index is 0.301. The first kappa shape index (κ1) is 11.5. The van der Waals surface area contributed by atoms with E-state index in [1.807, 2.05) is 6.20 Å². The molecule has 0 saturated carbocycles. The molecule has 1 aromatic carbocycles. The summed E-state index contributed by atoms with van der Waals surface area (Å²) in [6.07, 6.45) is 3.98. The highest BCUT2D eigenvalue weighted by Crippen LogP contribution is 2.43. The van der Waals surface area contributed by atoms with Crippen LogP contribution in [0.15, 0.2) is 42.7 Å². The molecule has 3 heteroatoms. The van der Waals surface area contributed by atoms with Crippen molar-refractivity contribution in [3.05, 3.63) is 48.3 Å². The molecule has 1 aliphatic rings. The lowest BCUT2D eigenvalue weighted by atomic mass is 9.95. The normalized spacial score (nSPS) is 16.9. The fourth-order valence-electron chi connectivity index (χ4n) is 3.17. The predicted molar refractivity (Wildman–Crippen MR) is 82.7 cm³/mol. The number of pyridine rings is 1. The van der Waals surface area contributed by atoms with Gasteiger partial charge in [0.05, 0.1) is 6.04 Å². The highest BCUT2D eigenvalue weighted by Gasteiger charge is 2.26. The van der Waals surface area contributed by atoms with Crippen LogP contribution in [0.25, 0.3) is 22.2 Å². The summed E-state index contributed by atoms with van der Waals surface area (Å²) in [5.41, 5.74) is 6.01. The molecule has 100 valence electrons. The van der Waals surface area contributed by atoms with Gasteiger partial charge >= 0.3 is 0 Å². The van der Waals surface area contributed by atoms with E-state index in [0.29, 0.717) is 12.0 Å². The molecule has 0 saturated heterocycles. The number of aromatic nitrogens is 2. The van der Waals surface area contributed by atoms with E-state index in [1.165, 1.54) is 27.8 Å². The Bertz CT molecular complexity index is 786. The number of hydrogen-bond acceptors (Lipinski definition) is 2. The molecule has 3 aromatic rings. The average molecular weight is 263 g/mol. The third kappa shape index (κ3) is 1.49. The van der Waals surface area contributed by atoms with Crippen molar-refractivity contribution < 1.29 is 0 Å². The van der Waals surface area contributed by atoms with E-state index in [0.717, 1.165) is 5.65 Å². The molecule has 4 rings (SSSR count). The van der Waals surface area contributed by atoms with Gasteiger partial charge in [-0.1, -0.05) is 32.0 Å². The largest absolute Gasteiger partial charge is 0.377 e. The van der Waals surface area contributed by atoms with Crippen LogP contribution in [0, 0.1) is 5.92 Å². The van der Waals surface area contributed by atoms with Gasteiger partial charge in [-0.3, -0.25) is 0 Å².